The normalized spacial score (nSPS) is 9.71. The molecular formula is C8H14N6. The second-order valence-corrected chi connectivity index (χ2v) is 2.70. The molecule has 14 heavy (non-hydrogen) atoms. The minimum Gasteiger partial charge on any atom is -0.370 e. The van der Waals surface area contributed by atoms with E-state index in [0.29, 0.717) is 19.6 Å². The molecule has 0 aliphatic carbocycles. The molecule has 0 bridgehead atoms. The topological polar surface area (TPSA) is 102 Å². The number of hydrogen-bond donors (Lipinski definition) is 3. The molecule has 0 aliphatic heterocycles. The van der Waals surface area contributed by atoms with E-state index in [0.717, 1.165) is 5.69 Å². The van der Waals surface area contributed by atoms with Crippen molar-refractivity contribution >= 4 is 5.96 Å². The lowest BCUT2D eigenvalue weighted by Gasteiger charge is -2.00. The Morgan fingerprint density at radius 2 is 2.36 bits per heavy atom. The van der Waals surface area contributed by atoms with Crippen molar-refractivity contribution in [3.05, 3.63) is 24.0 Å². The van der Waals surface area contributed by atoms with Gasteiger partial charge >= 0.3 is 0 Å². The maximum Gasteiger partial charge on any atom is 0.185 e. The molecule has 6 heteroatoms. The quantitative estimate of drug-likeness (QED) is 0.312. The zero-order valence-corrected chi connectivity index (χ0v) is 7.85. The molecular weight excluding hydrogens is 180 g/mol. The molecule has 0 spiro atoms. The summed E-state index contributed by atoms with van der Waals surface area (Å²) in [7, 11) is 0. The highest BCUT2D eigenvalue weighted by atomic mass is 15.1. The van der Waals surface area contributed by atoms with Gasteiger partial charge in [0, 0.05) is 19.3 Å². The summed E-state index contributed by atoms with van der Waals surface area (Å²) >= 11 is 0. The van der Waals surface area contributed by atoms with Crippen molar-refractivity contribution < 1.29 is 0 Å². The van der Waals surface area contributed by atoms with Crippen LogP contribution in [0.3, 0.4) is 0 Å². The van der Waals surface area contributed by atoms with Crippen molar-refractivity contribution in [1.29, 1.82) is 0 Å². The number of nitrogens with two attached hydrogens (primary N) is 2. The zero-order valence-electron chi connectivity index (χ0n) is 7.85. The van der Waals surface area contributed by atoms with E-state index in [1.54, 1.807) is 6.20 Å². The Morgan fingerprint density at radius 1 is 1.50 bits per heavy atom. The summed E-state index contributed by atoms with van der Waals surface area (Å²) in [5, 5.41) is 10.8. The molecule has 0 unspecified atom stereocenters. The molecule has 1 rings (SSSR count). The van der Waals surface area contributed by atoms with Gasteiger partial charge in [0.25, 0.3) is 0 Å². The summed E-state index contributed by atoms with van der Waals surface area (Å²) in [6.45, 7) is 1.96. The minimum absolute atomic E-state index is 0.117. The van der Waals surface area contributed by atoms with Gasteiger partial charge in [-0.3, -0.25) is 4.99 Å². The van der Waals surface area contributed by atoms with E-state index in [9.17, 15) is 0 Å². The SMILES string of the molecule is NC(N)=NCCNCc1cccnn1. The molecule has 76 valence electrons. The Labute approximate surface area is 82.4 Å². The lowest BCUT2D eigenvalue weighted by Crippen LogP contribution is -2.25. The van der Waals surface area contributed by atoms with Crippen LogP contribution in [0, 0.1) is 0 Å². The third kappa shape index (κ3) is 4.36. The molecule has 0 amide bonds. The first-order valence-corrected chi connectivity index (χ1v) is 4.31. The molecule has 0 saturated heterocycles. The molecule has 0 aliphatic rings. The molecule has 0 saturated carbocycles. The van der Waals surface area contributed by atoms with Gasteiger partial charge in [-0.15, -0.1) is 0 Å². The van der Waals surface area contributed by atoms with Crippen LogP contribution < -0.4 is 16.8 Å². The first-order valence-electron chi connectivity index (χ1n) is 4.31. The summed E-state index contributed by atoms with van der Waals surface area (Å²) in [6.07, 6.45) is 1.64. The smallest absolute Gasteiger partial charge is 0.185 e. The Morgan fingerprint density at radius 3 is 3.00 bits per heavy atom. The van der Waals surface area contributed by atoms with Crippen LogP contribution in [0.5, 0.6) is 0 Å². The highest BCUT2D eigenvalue weighted by Crippen LogP contribution is 1.88. The van der Waals surface area contributed by atoms with Crippen molar-refractivity contribution in [3.8, 4) is 0 Å². The van der Waals surface area contributed by atoms with Gasteiger partial charge in [0.15, 0.2) is 5.96 Å². The molecule has 5 N–H and O–H groups in total. The molecule has 0 radical (unpaired) electrons. The van der Waals surface area contributed by atoms with Crippen LogP contribution in [0.4, 0.5) is 0 Å². The Bertz CT molecular complexity index is 279. The Hall–Kier alpha value is -1.69. The predicted molar refractivity (Wildman–Crippen MR) is 54.4 cm³/mol. The van der Waals surface area contributed by atoms with Crippen molar-refractivity contribution in [2.45, 2.75) is 6.54 Å². The summed E-state index contributed by atoms with van der Waals surface area (Å²) in [5.74, 6) is 0.117. The second-order valence-electron chi connectivity index (χ2n) is 2.70. The maximum atomic E-state index is 5.16. The minimum atomic E-state index is 0.117. The van der Waals surface area contributed by atoms with Gasteiger partial charge in [-0.25, -0.2) is 0 Å². The van der Waals surface area contributed by atoms with E-state index in [1.165, 1.54) is 0 Å². The third-order valence-electron chi connectivity index (χ3n) is 1.52. The van der Waals surface area contributed by atoms with E-state index in [2.05, 4.69) is 20.5 Å². The first kappa shape index (κ1) is 10.4. The van der Waals surface area contributed by atoms with Gasteiger partial charge < -0.3 is 16.8 Å². The van der Waals surface area contributed by atoms with Gasteiger partial charge in [-0.1, -0.05) is 0 Å². The van der Waals surface area contributed by atoms with E-state index >= 15 is 0 Å². The van der Waals surface area contributed by atoms with Crippen LogP contribution in [0.25, 0.3) is 0 Å². The van der Waals surface area contributed by atoms with Crippen molar-refractivity contribution in [3.63, 3.8) is 0 Å². The number of rotatable bonds is 5. The molecule has 1 heterocycles. The first-order chi connectivity index (χ1) is 6.79. The lowest BCUT2D eigenvalue weighted by atomic mass is 10.4. The fourth-order valence-electron chi connectivity index (χ4n) is 0.908. The number of aromatic nitrogens is 2. The van der Waals surface area contributed by atoms with Crippen molar-refractivity contribution in [2.75, 3.05) is 13.1 Å². The number of nitrogens with one attached hydrogen (secondary N) is 1. The van der Waals surface area contributed by atoms with Crippen molar-refractivity contribution in [2.24, 2.45) is 16.5 Å². The fraction of sp³-hybridized carbons (Fsp3) is 0.375. The summed E-state index contributed by atoms with van der Waals surface area (Å²) in [5.41, 5.74) is 11.2. The highest BCUT2D eigenvalue weighted by Gasteiger charge is 1.91. The monoisotopic (exact) mass is 194 g/mol. The largest absolute Gasteiger partial charge is 0.370 e. The number of aliphatic imine (C=N–C) groups is 1. The van der Waals surface area contributed by atoms with E-state index in [-0.39, 0.29) is 5.96 Å². The van der Waals surface area contributed by atoms with Crippen LogP contribution in [-0.4, -0.2) is 29.2 Å². The number of hydrogen-bond acceptors (Lipinski definition) is 4. The van der Waals surface area contributed by atoms with Crippen LogP contribution in [-0.2, 0) is 6.54 Å². The molecule has 1 aromatic rings. The van der Waals surface area contributed by atoms with Crippen LogP contribution in [0.2, 0.25) is 0 Å². The molecule has 0 fully saturated rings. The molecule has 0 atom stereocenters. The van der Waals surface area contributed by atoms with Gasteiger partial charge in [0.1, 0.15) is 0 Å². The van der Waals surface area contributed by atoms with Gasteiger partial charge in [-0.2, -0.15) is 10.2 Å². The highest BCUT2D eigenvalue weighted by molar-refractivity contribution is 5.75. The maximum absolute atomic E-state index is 5.16. The third-order valence-corrected chi connectivity index (χ3v) is 1.52. The van der Waals surface area contributed by atoms with Crippen molar-refractivity contribution in [1.82, 2.24) is 15.5 Å². The van der Waals surface area contributed by atoms with E-state index in [4.69, 9.17) is 11.5 Å². The predicted octanol–water partition coefficient (Wildman–Crippen LogP) is -1.16. The molecule has 6 nitrogen and oxygen atoms in total. The van der Waals surface area contributed by atoms with Crippen LogP contribution in [0.15, 0.2) is 23.3 Å². The van der Waals surface area contributed by atoms with E-state index < -0.39 is 0 Å². The zero-order chi connectivity index (χ0) is 10.2. The summed E-state index contributed by atoms with van der Waals surface area (Å²) in [4.78, 5) is 3.83. The van der Waals surface area contributed by atoms with Gasteiger partial charge in [-0.05, 0) is 12.1 Å². The average molecular weight is 194 g/mol. The van der Waals surface area contributed by atoms with Gasteiger partial charge in [0.05, 0.1) is 12.2 Å². The second kappa shape index (κ2) is 5.87. The average Bonchev–Trinajstić information content (AvgIpc) is 2.18. The van der Waals surface area contributed by atoms with Crippen LogP contribution in [0.1, 0.15) is 5.69 Å². The van der Waals surface area contributed by atoms with E-state index in [1.807, 2.05) is 12.1 Å². The standard InChI is InChI=1S/C8H14N6/c9-8(10)12-5-4-11-6-7-2-1-3-13-14-7/h1-3,11H,4-6H2,(H4,9,10,12). The Balaban J connectivity index is 2.14. The molecule has 1 aromatic heterocycles. The fourth-order valence-corrected chi connectivity index (χ4v) is 0.908. The Kier molecular flexibility index (Phi) is 4.36. The number of nitrogens with zero attached hydrogens (tertiary/aromatic N) is 3. The summed E-state index contributed by atoms with van der Waals surface area (Å²) in [6, 6.07) is 3.75. The lowest BCUT2D eigenvalue weighted by molar-refractivity contribution is 0.673. The molecule has 0 aromatic carbocycles. The van der Waals surface area contributed by atoms with Crippen LogP contribution >= 0.6 is 0 Å². The van der Waals surface area contributed by atoms with Gasteiger partial charge in [0.2, 0.25) is 0 Å². The summed E-state index contributed by atoms with van der Waals surface area (Å²) < 4.78 is 0. The number of guanidine groups is 1.